The number of hydrogen-bond acceptors (Lipinski definition) is 3. The van der Waals surface area contributed by atoms with Gasteiger partial charge in [0.05, 0.1) is 44.4 Å². The van der Waals surface area contributed by atoms with Gasteiger partial charge in [-0.1, -0.05) is 30.3 Å². The third-order valence-electron chi connectivity index (χ3n) is 5.22. The van der Waals surface area contributed by atoms with Crippen LogP contribution in [-0.2, 0) is 4.79 Å². The highest BCUT2D eigenvalue weighted by Crippen LogP contribution is 2.20. The van der Waals surface area contributed by atoms with Gasteiger partial charge in [-0.05, 0) is 30.7 Å². The molecule has 1 fully saturated rings. The first-order chi connectivity index (χ1) is 13.6. The zero-order valence-corrected chi connectivity index (χ0v) is 16.2. The molecular formula is C22H26FN4O+. The van der Waals surface area contributed by atoms with Crippen LogP contribution in [0.25, 0.3) is 0 Å². The molecule has 2 aromatic carbocycles. The summed E-state index contributed by atoms with van der Waals surface area (Å²) >= 11 is 0. The summed E-state index contributed by atoms with van der Waals surface area (Å²) in [5.74, 6) is -0.576. The fraction of sp³-hybridized carbons (Fsp3) is 0.364. The summed E-state index contributed by atoms with van der Waals surface area (Å²) in [6, 6.07) is 16.6. The molecule has 0 aliphatic carbocycles. The van der Waals surface area contributed by atoms with Gasteiger partial charge < -0.3 is 14.7 Å². The summed E-state index contributed by atoms with van der Waals surface area (Å²) in [4.78, 5) is 17.8. The molecule has 1 N–H and O–H groups in total. The summed E-state index contributed by atoms with van der Waals surface area (Å²) in [6.45, 7) is 6.09. The second-order valence-corrected chi connectivity index (χ2v) is 7.11. The minimum atomic E-state index is -0.437. The molecule has 3 rings (SSSR count). The van der Waals surface area contributed by atoms with Crippen LogP contribution in [0.4, 0.5) is 15.8 Å². The Hall–Kier alpha value is -2.91. The number of carbonyl (C=O) groups is 1. The molecule has 0 spiro atoms. The maximum atomic E-state index is 14.2. The van der Waals surface area contributed by atoms with Crippen molar-refractivity contribution >= 4 is 17.3 Å². The van der Waals surface area contributed by atoms with Gasteiger partial charge in [-0.15, -0.1) is 0 Å². The number of rotatable bonds is 6. The van der Waals surface area contributed by atoms with Crippen molar-refractivity contribution in [3.8, 4) is 6.07 Å². The van der Waals surface area contributed by atoms with Gasteiger partial charge in [-0.3, -0.25) is 4.79 Å². The van der Waals surface area contributed by atoms with Crippen LogP contribution < -0.4 is 14.7 Å². The van der Waals surface area contributed by atoms with E-state index in [0.29, 0.717) is 6.54 Å². The number of nitrogens with one attached hydrogen (secondary N) is 1. The predicted octanol–water partition coefficient (Wildman–Crippen LogP) is 1.79. The number of anilines is 2. The summed E-state index contributed by atoms with van der Waals surface area (Å²) in [6.07, 6.45) is 0.177. The second kappa shape index (κ2) is 9.34. The number of piperazine rings is 1. The maximum absolute atomic E-state index is 14.2. The van der Waals surface area contributed by atoms with Crippen molar-refractivity contribution in [2.24, 2.45) is 0 Å². The molecule has 0 bridgehead atoms. The number of aryl methyl sites for hydroxylation is 1. The number of quaternary nitrogens is 1. The van der Waals surface area contributed by atoms with Crippen molar-refractivity contribution in [1.82, 2.24) is 0 Å². The Labute approximate surface area is 165 Å². The van der Waals surface area contributed by atoms with Crippen LogP contribution in [0.5, 0.6) is 0 Å². The third kappa shape index (κ3) is 4.68. The van der Waals surface area contributed by atoms with E-state index in [1.807, 2.05) is 18.2 Å². The van der Waals surface area contributed by atoms with Gasteiger partial charge in [0.1, 0.15) is 5.82 Å². The Morgan fingerprint density at radius 1 is 1.18 bits per heavy atom. The molecule has 1 aliphatic rings. The van der Waals surface area contributed by atoms with E-state index >= 15 is 0 Å². The van der Waals surface area contributed by atoms with Crippen LogP contribution in [-0.4, -0.2) is 45.2 Å². The summed E-state index contributed by atoms with van der Waals surface area (Å²) in [5.41, 5.74) is 2.75. The predicted molar refractivity (Wildman–Crippen MR) is 108 cm³/mol. The first-order valence-corrected chi connectivity index (χ1v) is 9.66. The molecule has 0 aromatic heterocycles. The standard InChI is InChI=1S/C22H25FN4O/c1-18-7-2-4-9-20(18)26-15-13-25(14-16-26)17-22(28)27(12-6-11-24)21-10-5-3-8-19(21)23/h2-5,7-10H,6,12-17H2,1H3/p+1. The molecule has 0 saturated carbocycles. The maximum Gasteiger partial charge on any atom is 0.282 e. The van der Waals surface area contributed by atoms with E-state index in [0.717, 1.165) is 26.2 Å². The number of nitrogens with zero attached hydrogens (tertiary/aromatic N) is 3. The van der Waals surface area contributed by atoms with Crippen molar-refractivity contribution < 1.29 is 14.1 Å². The van der Waals surface area contributed by atoms with E-state index in [9.17, 15) is 9.18 Å². The fourth-order valence-electron chi connectivity index (χ4n) is 3.68. The highest BCUT2D eigenvalue weighted by molar-refractivity contribution is 5.94. The Morgan fingerprint density at radius 2 is 1.86 bits per heavy atom. The van der Waals surface area contributed by atoms with Gasteiger partial charge in [0, 0.05) is 12.2 Å². The van der Waals surface area contributed by atoms with E-state index in [1.54, 1.807) is 18.2 Å². The van der Waals surface area contributed by atoms with Gasteiger partial charge in [0.2, 0.25) is 0 Å². The minimum Gasteiger partial charge on any atom is -0.360 e. The van der Waals surface area contributed by atoms with Crippen LogP contribution in [0.15, 0.2) is 48.5 Å². The molecule has 1 aliphatic heterocycles. The molecule has 0 unspecified atom stereocenters. The molecule has 146 valence electrons. The van der Waals surface area contributed by atoms with Gasteiger partial charge in [-0.2, -0.15) is 5.26 Å². The first kappa shape index (κ1) is 19.8. The summed E-state index contributed by atoms with van der Waals surface area (Å²) in [5, 5.41) is 8.90. The van der Waals surface area contributed by atoms with E-state index in [1.165, 1.54) is 27.1 Å². The largest absolute Gasteiger partial charge is 0.360 e. The lowest BCUT2D eigenvalue weighted by atomic mass is 10.1. The number of halogens is 1. The molecular weight excluding hydrogens is 355 g/mol. The summed E-state index contributed by atoms with van der Waals surface area (Å²) < 4.78 is 14.2. The lowest BCUT2D eigenvalue weighted by molar-refractivity contribution is -0.892. The van der Waals surface area contributed by atoms with Crippen molar-refractivity contribution in [1.29, 1.82) is 5.26 Å². The number of amides is 1. The smallest absolute Gasteiger partial charge is 0.282 e. The normalized spacial score (nSPS) is 14.5. The highest BCUT2D eigenvalue weighted by atomic mass is 19.1. The van der Waals surface area contributed by atoms with Crippen LogP contribution in [0, 0.1) is 24.1 Å². The molecule has 6 heteroatoms. The number of para-hydroxylation sites is 2. The monoisotopic (exact) mass is 381 g/mol. The van der Waals surface area contributed by atoms with Gasteiger partial charge in [0.15, 0.2) is 6.54 Å². The highest BCUT2D eigenvalue weighted by Gasteiger charge is 2.27. The van der Waals surface area contributed by atoms with E-state index in [2.05, 4.69) is 24.0 Å². The molecule has 2 aromatic rings. The Kier molecular flexibility index (Phi) is 6.62. The average Bonchev–Trinajstić information content (AvgIpc) is 2.70. The summed E-state index contributed by atoms with van der Waals surface area (Å²) in [7, 11) is 0. The van der Waals surface area contributed by atoms with Crippen molar-refractivity contribution in [2.75, 3.05) is 49.1 Å². The molecule has 1 heterocycles. The lowest BCUT2D eigenvalue weighted by Gasteiger charge is -2.35. The molecule has 28 heavy (non-hydrogen) atoms. The van der Waals surface area contributed by atoms with Gasteiger partial charge in [-0.25, -0.2) is 4.39 Å². The van der Waals surface area contributed by atoms with Crippen LogP contribution in [0.2, 0.25) is 0 Å². The topological polar surface area (TPSA) is 51.8 Å². The molecule has 5 nitrogen and oxygen atoms in total. The number of carbonyl (C=O) groups excluding carboxylic acids is 1. The fourth-order valence-corrected chi connectivity index (χ4v) is 3.68. The minimum absolute atomic E-state index is 0.139. The van der Waals surface area contributed by atoms with Crippen molar-refractivity contribution in [2.45, 2.75) is 13.3 Å². The van der Waals surface area contributed by atoms with E-state index in [4.69, 9.17) is 5.26 Å². The number of benzene rings is 2. The zero-order valence-electron chi connectivity index (χ0n) is 16.2. The van der Waals surface area contributed by atoms with E-state index in [-0.39, 0.29) is 24.6 Å². The van der Waals surface area contributed by atoms with Crippen molar-refractivity contribution in [3.05, 3.63) is 59.9 Å². The zero-order chi connectivity index (χ0) is 19.9. The molecule has 1 saturated heterocycles. The number of hydrogen-bond donors (Lipinski definition) is 1. The van der Waals surface area contributed by atoms with Gasteiger partial charge in [0.25, 0.3) is 5.91 Å². The lowest BCUT2D eigenvalue weighted by Crippen LogP contribution is -3.16. The first-order valence-electron chi connectivity index (χ1n) is 9.66. The molecule has 0 atom stereocenters. The Balaban J connectivity index is 1.62. The second-order valence-electron chi connectivity index (χ2n) is 7.11. The number of nitriles is 1. The van der Waals surface area contributed by atoms with Crippen molar-refractivity contribution in [3.63, 3.8) is 0 Å². The average molecular weight is 381 g/mol. The Morgan fingerprint density at radius 3 is 2.54 bits per heavy atom. The van der Waals surface area contributed by atoms with Crippen LogP contribution in [0.3, 0.4) is 0 Å². The Bertz CT molecular complexity index is 856. The molecule has 1 amide bonds. The third-order valence-corrected chi connectivity index (χ3v) is 5.22. The van der Waals surface area contributed by atoms with Gasteiger partial charge >= 0.3 is 0 Å². The van der Waals surface area contributed by atoms with Crippen LogP contribution >= 0.6 is 0 Å². The van der Waals surface area contributed by atoms with Crippen LogP contribution in [0.1, 0.15) is 12.0 Å². The SMILES string of the molecule is Cc1ccccc1N1CC[NH+](CC(=O)N(CCC#N)c2ccccc2F)CC1. The van der Waals surface area contributed by atoms with E-state index < -0.39 is 5.82 Å². The molecule has 0 radical (unpaired) electrons. The quantitative estimate of drug-likeness (QED) is 0.830.